The number of nitrogens with one attached hydrogen (secondary N) is 2. The minimum Gasteiger partial charge on any atom is -0.355 e. The molecule has 0 fully saturated rings. The first-order valence-electron chi connectivity index (χ1n) is 10.8. The molecular weight excluding hydrogens is 434 g/mol. The van der Waals surface area contributed by atoms with Crippen molar-refractivity contribution in [2.24, 2.45) is 0 Å². The predicted octanol–water partition coefficient (Wildman–Crippen LogP) is 3.71. The molecule has 0 bridgehead atoms. The summed E-state index contributed by atoms with van der Waals surface area (Å²) in [5, 5.41) is 15.0. The second-order valence-corrected chi connectivity index (χ2v) is 8.62. The molecule has 3 aromatic rings. The van der Waals surface area contributed by atoms with Crippen LogP contribution in [-0.4, -0.2) is 38.9 Å². The molecule has 2 N–H and O–H groups in total. The molecule has 1 aromatic heterocycles. The number of aromatic nitrogens is 3. The summed E-state index contributed by atoms with van der Waals surface area (Å²) in [6.45, 7) is 8.70. The van der Waals surface area contributed by atoms with Gasteiger partial charge in [-0.25, -0.2) is 0 Å². The highest BCUT2D eigenvalue weighted by Crippen LogP contribution is 2.21. The molecule has 7 nitrogen and oxygen atoms in total. The van der Waals surface area contributed by atoms with Crippen molar-refractivity contribution in [3.63, 3.8) is 0 Å². The Balaban J connectivity index is 1.56. The lowest BCUT2D eigenvalue weighted by Crippen LogP contribution is -2.29. The van der Waals surface area contributed by atoms with Gasteiger partial charge in [0.2, 0.25) is 5.91 Å². The van der Waals surface area contributed by atoms with Crippen LogP contribution in [0.25, 0.3) is 0 Å². The first kappa shape index (κ1) is 24.3. The number of benzene rings is 2. The fourth-order valence-electron chi connectivity index (χ4n) is 3.25. The zero-order valence-electron chi connectivity index (χ0n) is 19.0. The van der Waals surface area contributed by atoms with E-state index in [1.807, 2.05) is 60.9 Å². The molecule has 0 saturated carbocycles. The van der Waals surface area contributed by atoms with Gasteiger partial charge >= 0.3 is 0 Å². The summed E-state index contributed by atoms with van der Waals surface area (Å²) in [7, 11) is 0. The lowest BCUT2D eigenvalue weighted by atomic mass is 10.1. The first-order valence-corrected chi connectivity index (χ1v) is 11.8. The third-order valence-electron chi connectivity index (χ3n) is 5.02. The van der Waals surface area contributed by atoms with Gasteiger partial charge in [0.25, 0.3) is 5.91 Å². The third-order valence-corrected chi connectivity index (χ3v) is 5.98. The number of thioether (sulfide) groups is 1. The van der Waals surface area contributed by atoms with Gasteiger partial charge in [-0.3, -0.25) is 9.59 Å². The molecule has 0 aliphatic carbocycles. The smallest absolute Gasteiger partial charge is 0.251 e. The number of aryl methyl sites for hydroxylation is 1. The zero-order valence-corrected chi connectivity index (χ0v) is 19.8. The summed E-state index contributed by atoms with van der Waals surface area (Å²) < 4.78 is 1.87. The number of carbonyl (C=O) groups is 2. The van der Waals surface area contributed by atoms with Crippen LogP contribution < -0.4 is 10.6 Å². The second-order valence-electron chi connectivity index (χ2n) is 7.68. The van der Waals surface area contributed by atoms with Crippen molar-refractivity contribution in [2.75, 3.05) is 12.3 Å². The number of hydrogen-bond acceptors (Lipinski definition) is 5. The SMILES string of the molecule is C=CCn1c(SCC(=O)NCCc2ccccc2)nnc1[C@H](C)NC(=O)c1ccc(C)cc1. The van der Waals surface area contributed by atoms with Crippen LogP contribution in [-0.2, 0) is 17.8 Å². The van der Waals surface area contributed by atoms with Crippen LogP contribution in [0.3, 0.4) is 0 Å². The molecule has 0 aliphatic heterocycles. The van der Waals surface area contributed by atoms with Crippen molar-refractivity contribution in [3.05, 3.63) is 89.8 Å². The third kappa shape index (κ3) is 7.05. The van der Waals surface area contributed by atoms with Crippen molar-refractivity contribution in [3.8, 4) is 0 Å². The van der Waals surface area contributed by atoms with Gasteiger partial charge in [0.05, 0.1) is 11.8 Å². The van der Waals surface area contributed by atoms with Gasteiger partial charge in [-0.1, -0.05) is 65.9 Å². The Morgan fingerprint density at radius 1 is 1.12 bits per heavy atom. The largest absolute Gasteiger partial charge is 0.355 e. The molecule has 1 heterocycles. The lowest BCUT2D eigenvalue weighted by molar-refractivity contribution is -0.118. The Labute approximate surface area is 198 Å². The van der Waals surface area contributed by atoms with Crippen LogP contribution in [0.15, 0.2) is 72.4 Å². The highest BCUT2D eigenvalue weighted by molar-refractivity contribution is 7.99. The number of hydrogen-bond donors (Lipinski definition) is 2. The van der Waals surface area contributed by atoms with Gasteiger partial charge < -0.3 is 15.2 Å². The van der Waals surface area contributed by atoms with Crippen molar-refractivity contribution in [1.29, 1.82) is 0 Å². The molecule has 3 rings (SSSR count). The molecule has 2 aromatic carbocycles. The maximum absolute atomic E-state index is 12.6. The van der Waals surface area contributed by atoms with Crippen LogP contribution in [0.1, 0.15) is 40.3 Å². The van der Waals surface area contributed by atoms with Gasteiger partial charge in [0, 0.05) is 18.7 Å². The van der Waals surface area contributed by atoms with Gasteiger partial charge in [-0.2, -0.15) is 0 Å². The van der Waals surface area contributed by atoms with E-state index < -0.39 is 0 Å². The lowest BCUT2D eigenvalue weighted by Gasteiger charge is -2.15. The van der Waals surface area contributed by atoms with Crippen LogP contribution in [0.4, 0.5) is 0 Å². The van der Waals surface area contributed by atoms with E-state index in [-0.39, 0.29) is 23.6 Å². The molecule has 172 valence electrons. The Morgan fingerprint density at radius 2 is 1.85 bits per heavy atom. The molecule has 8 heteroatoms. The molecule has 0 radical (unpaired) electrons. The van der Waals surface area contributed by atoms with E-state index in [1.165, 1.54) is 17.3 Å². The number of nitrogens with zero attached hydrogens (tertiary/aromatic N) is 3. The van der Waals surface area contributed by atoms with E-state index in [0.717, 1.165) is 12.0 Å². The van der Waals surface area contributed by atoms with Crippen molar-refractivity contribution >= 4 is 23.6 Å². The Morgan fingerprint density at radius 3 is 2.55 bits per heavy atom. The molecular formula is C25H29N5O2S. The highest BCUT2D eigenvalue weighted by Gasteiger charge is 2.20. The Bertz CT molecular complexity index is 1080. The van der Waals surface area contributed by atoms with Crippen LogP contribution in [0.5, 0.6) is 0 Å². The summed E-state index contributed by atoms with van der Waals surface area (Å²) in [6, 6.07) is 17.1. The van der Waals surface area contributed by atoms with E-state index in [9.17, 15) is 9.59 Å². The van der Waals surface area contributed by atoms with Gasteiger partial charge in [0.1, 0.15) is 0 Å². The van der Waals surface area contributed by atoms with Crippen LogP contribution >= 0.6 is 11.8 Å². The minimum absolute atomic E-state index is 0.0636. The summed E-state index contributed by atoms with van der Waals surface area (Å²) in [6.07, 6.45) is 2.53. The molecule has 0 spiro atoms. The first-order chi connectivity index (χ1) is 16.0. The second kappa shape index (κ2) is 12.0. The topological polar surface area (TPSA) is 88.9 Å². The summed E-state index contributed by atoms with van der Waals surface area (Å²) >= 11 is 1.31. The number of rotatable bonds is 11. The maximum atomic E-state index is 12.6. The number of carbonyl (C=O) groups excluding carboxylic acids is 2. The summed E-state index contributed by atoms with van der Waals surface area (Å²) in [5.41, 5.74) is 2.86. The van der Waals surface area contributed by atoms with Gasteiger partial charge in [-0.15, -0.1) is 16.8 Å². The van der Waals surface area contributed by atoms with Crippen LogP contribution in [0.2, 0.25) is 0 Å². The molecule has 33 heavy (non-hydrogen) atoms. The number of allylic oxidation sites excluding steroid dienone is 1. The normalized spacial score (nSPS) is 11.6. The van der Waals surface area contributed by atoms with E-state index in [2.05, 4.69) is 27.4 Å². The summed E-state index contributed by atoms with van der Waals surface area (Å²) in [4.78, 5) is 24.9. The standard InChI is InChI=1S/C25H29N5O2S/c1-4-16-30-23(19(3)27-24(32)21-12-10-18(2)11-13-21)28-29-25(30)33-17-22(31)26-15-14-20-8-6-5-7-9-20/h4-13,19H,1,14-17H2,2-3H3,(H,26,31)(H,27,32)/t19-/m0/s1. The zero-order chi connectivity index (χ0) is 23.6. The molecule has 1 atom stereocenters. The molecule has 0 aliphatic rings. The van der Waals surface area contributed by atoms with Crippen molar-refractivity contribution in [2.45, 2.75) is 38.0 Å². The highest BCUT2D eigenvalue weighted by atomic mass is 32.2. The van der Waals surface area contributed by atoms with Gasteiger partial charge in [0.15, 0.2) is 11.0 Å². The Kier molecular flexibility index (Phi) is 8.83. The van der Waals surface area contributed by atoms with Crippen molar-refractivity contribution < 1.29 is 9.59 Å². The average molecular weight is 464 g/mol. The van der Waals surface area contributed by atoms with E-state index in [1.54, 1.807) is 18.2 Å². The molecule has 0 unspecified atom stereocenters. The predicted molar refractivity (Wildman–Crippen MR) is 131 cm³/mol. The summed E-state index contributed by atoms with van der Waals surface area (Å²) in [5.74, 6) is 0.602. The fourth-order valence-corrected chi connectivity index (χ4v) is 4.03. The van der Waals surface area contributed by atoms with Gasteiger partial charge in [-0.05, 0) is 38.0 Å². The van der Waals surface area contributed by atoms with E-state index >= 15 is 0 Å². The van der Waals surface area contributed by atoms with Crippen LogP contribution in [0, 0.1) is 6.92 Å². The number of amides is 2. The van der Waals surface area contributed by atoms with E-state index in [4.69, 9.17) is 0 Å². The minimum atomic E-state index is -0.361. The Hall–Kier alpha value is -3.39. The monoisotopic (exact) mass is 463 g/mol. The fraction of sp³-hybridized carbons (Fsp3) is 0.280. The average Bonchev–Trinajstić information content (AvgIpc) is 3.21. The van der Waals surface area contributed by atoms with Crippen molar-refractivity contribution in [1.82, 2.24) is 25.4 Å². The molecule has 0 saturated heterocycles. The van der Waals surface area contributed by atoms with E-state index in [0.29, 0.717) is 29.6 Å². The molecule has 2 amide bonds. The maximum Gasteiger partial charge on any atom is 0.251 e. The quantitative estimate of drug-likeness (QED) is 0.334.